The molecule has 0 saturated heterocycles. The van der Waals surface area contributed by atoms with Crippen LogP contribution in [0.4, 0.5) is 10.2 Å². The van der Waals surface area contributed by atoms with Crippen LogP contribution in [0.1, 0.15) is 18.2 Å². The van der Waals surface area contributed by atoms with E-state index < -0.39 is 11.9 Å². The van der Waals surface area contributed by atoms with Crippen molar-refractivity contribution in [2.45, 2.75) is 25.9 Å². The lowest BCUT2D eigenvalue weighted by molar-refractivity contribution is -0.122. The molecule has 3 rings (SSSR count). The highest BCUT2D eigenvalue weighted by molar-refractivity contribution is 5.93. The number of benzene rings is 2. The fourth-order valence-corrected chi connectivity index (χ4v) is 2.87. The third-order valence-corrected chi connectivity index (χ3v) is 4.45. The molecule has 0 bridgehead atoms. The van der Waals surface area contributed by atoms with E-state index in [-0.39, 0.29) is 11.7 Å². The summed E-state index contributed by atoms with van der Waals surface area (Å²) in [6, 6.07) is 13.1. The molecule has 0 fully saturated rings. The Morgan fingerprint density at radius 1 is 1.07 bits per heavy atom. The molecule has 0 saturated carbocycles. The predicted molar refractivity (Wildman–Crippen MR) is 111 cm³/mol. The number of hydrogen-bond donors (Lipinski definition) is 2. The summed E-state index contributed by atoms with van der Waals surface area (Å²) in [6.07, 6.45) is 0.618. The van der Waals surface area contributed by atoms with Gasteiger partial charge in [0.15, 0.2) is 11.9 Å². The first-order chi connectivity index (χ1) is 14.5. The summed E-state index contributed by atoms with van der Waals surface area (Å²) < 4.78 is 29.3. The van der Waals surface area contributed by atoms with Gasteiger partial charge in [-0.15, -0.1) is 0 Å². The van der Waals surface area contributed by atoms with Crippen molar-refractivity contribution in [1.82, 2.24) is 10.2 Å². The van der Waals surface area contributed by atoms with Gasteiger partial charge in [-0.05, 0) is 49.6 Å². The lowest BCUT2D eigenvalue weighted by atomic mass is 10.1. The van der Waals surface area contributed by atoms with Gasteiger partial charge in [0, 0.05) is 23.9 Å². The molecule has 0 aliphatic carbocycles. The van der Waals surface area contributed by atoms with Crippen LogP contribution in [0.25, 0.3) is 0 Å². The average Bonchev–Trinajstić information content (AvgIpc) is 3.19. The Bertz CT molecular complexity index is 983. The van der Waals surface area contributed by atoms with Gasteiger partial charge in [-0.25, -0.2) is 4.39 Å². The topological polar surface area (TPSA) is 85.5 Å². The standard InChI is InChI=1S/C22H24FN3O4/c1-14(30-18-6-4-5-16(23)11-18)22(27)24-21-12-17(25-26-21)8-7-15-9-19(28-2)13-20(10-15)29-3/h4-6,9-14H,7-8H2,1-3H3,(H2,24,25,26,27). The second kappa shape index (κ2) is 9.78. The van der Waals surface area contributed by atoms with E-state index in [4.69, 9.17) is 14.2 Å². The van der Waals surface area contributed by atoms with Crippen molar-refractivity contribution in [3.05, 3.63) is 65.6 Å². The van der Waals surface area contributed by atoms with Crippen LogP contribution in [0, 0.1) is 5.82 Å². The van der Waals surface area contributed by atoms with Gasteiger partial charge in [-0.2, -0.15) is 5.10 Å². The van der Waals surface area contributed by atoms with Crippen molar-refractivity contribution in [2.75, 3.05) is 19.5 Å². The minimum absolute atomic E-state index is 0.286. The number of carbonyl (C=O) groups is 1. The zero-order valence-corrected chi connectivity index (χ0v) is 17.1. The molecule has 3 aromatic rings. The van der Waals surface area contributed by atoms with Gasteiger partial charge in [-0.3, -0.25) is 9.89 Å². The van der Waals surface area contributed by atoms with Crippen LogP contribution in [0.2, 0.25) is 0 Å². The van der Waals surface area contributed by atoms with Crippen LogP contribution in [0.3, 0.4) is 0 Å². The fraction of sp³-hybridized carbons (Fsp3) is 0.273. The summed E-state index contributed by atoms with van der Waals surface area (Å²) in [5.74, 6) is 1.34. The number of ether oxygens (including phenoxy) is 3. The molecule has 8 heteroatoms. The number of hydrogen-bond acceptors (Lipinski definition) is 5. The number of aromatic amines is 1. The molecule has 0 spiro atoms. The highest BCUT2D eigenvalue weighted by Gasteiger charge is 2.16. The number of methoxy groups -OCH3 is 2. The number of rotatable bonds is 9. The Morgan fingerprint density at radius 2 is 1.80 bits per heavy atom. The quantitative estimate of drug-likeness (QED) is 0.558. The number of halogens is 1. The summed E-state index contributed by atoms with van der Waals surface area (Å²) in [5.41, 5.74) is 1.93. The van der Waals surface area contributed by atoms with Gasteiger partial charge in [0.1, 0.15) is 23.1 Å². The smallest absolute Gasteiger partial charge is 0.266 e. The zero-order valence-electron chi connectivity index (χ0n) is 17.1. The van der Waals surface area contributed by atoms with Gasteiger partial charge in [0.05, 0.1) is 14.2 Å². The number of aryl methyl sites for hydroxylation is 2. The number of H-pyrrole nitrogens is 1. The number of nitrogens with one attached hydrogen (secondary N) is 2. The molecule has 1 amide bonds. The van der Waals surface area contributed by atoms with E-state index in [0.29, 0.717) is 12.2 Å². The van der Waals surface area contributed by atoms with Crippen molar-refractivity contribution in [3.63, 3.8) is 0 Å². The molecule has 30 heavy (non-hydrogen) atoms. The monoisotopic (exact) mass is 413 g/mol. The highest BCUT2D eigenvalue weighted by atomic mass is 19.1. The lowest BCUT2D eigenvalue weighted by Gasteiger charge is -2.13. The molecule has 0 radical (unpaired) electrons. The highest BCUT2D eigenvalue weighted by Crippen LogP contribution is 2.23. The van der Waals surface area contributed by atoms with Gasteiger partial charge >= 0.3 is 0 Å². The minimum Gasteiger partial charge on any atom is -0.497 e. The predicted octanol–water partition coefficient (Wildman–Crippen LogP) is 3.76. The molecule has 0 aliphatic heterocycles. The van der Waals surface area contributed by atoms with E-state index in [1.165, 1.54) is 18.2 Å². The molecule has 2 aromatic carbocycles. The maximum absolute atomic E-state index is 13.2. The Hall–Kier alpha value is -3.55. The van der Waals surface area contributed by atoms with Crippen molar-refractivity contribution in [1.29, 1.82) is 0 Å². The van der Waals surface area contributed by atoms with Crippen LogP contribution in [0.15, 0.2) is 48.5 Å². The zero-order chi connectivity index (χ0) is 21.5. The summed E-state index contributed by atoms with van der Waals surface area (Å²) in [4.78, 5) is 12.3. The molecule has 0 aliphatic rings. The number of aromatic nitrogens is 2. The van der Waals surface area contributed by atoms with Crippen molar-refractivity contribution in [3.8, 4) is 17.2 Å². The van der Waals surface area contributed by atoms with E-state index in [2.05, 4.69) is 15.5 Å². The summed E-state index contributed by atoms with van der Waals surface area (Å²) in [6.45, 7) is 1.59. The molecular formula is C22H24FN3O4. The first-order valence-corrected chi connectivity index (χ1v) is 9.46. The fourth-order valence-electron chi connectivity index (χ4n) is 2.87. The first kappa shape index (κ1) is 21.2. The second-order valence-electron chi connectivity index (χ2n) is 6.71. The Balaban J connectivity index is 1.55. The average molecular weight is 413 g/mol. The number of anilines is 1. The SMILES string of the molecule is COc1cc(CCc2cc(NC(=O)C(C)Oc3cccc(F)c3)n[nH]2)cc(OC)c1. The molecule has 158 valence electrons. The Morgan fingerprint density at radius 3 is 2.47 bits per heavy atom. The molecule has 2 N–H and O–H groups in total. The molecule has 1 aromatic heterocycles. The summed E-state index contributed by atoms with van der Waals surface area (Å²) in [5, 5.41) is 9.73. The van der Waals surface area contributed by atoms with Gasteiger partial charge in [-0.1, -0.05) is 6.07 Å². The number of nitrogens with zero attached hydrogens (tertiary/aromatic N) is 1. The lowest BCUT2D eigenvalue weighted by Crippen LogP contribution is -2.30. The maximum Gasteiger partial charge on any atom is 0.266 e. The summed E-state index contributed by atoms with van der Waals surface area (Å²) in [7, 11) is 3.23. The molecule has 1 unspecified atom stereocenters. The number of amides is 1. The minimum atomic E-state index is -0.809. The largest absolute Gasteiger partial charge is 0.497 e. The van der Waals surface area contributed by atoms with Crippen molar-refractivity contribution in [2.24, 2.45) is 0 Å². The van der Waals surface area contributed by atoms with Crippen LogP contribution < -0.4 is 19.5 Å². The number of carbonyl (C=O) groups excluding carboxylic acids is 1. The van der Waals surface area contributed by atoms with Crippen LogP contribution in [-0.2, 0) is 17.6 Å². The third kappa shape index (κ3) is 5.73. The van der Waals surface area contributed by atoms with Crippen molar-refractivity contribution < 1.29 is 23.4 Å². The van der Waals surface area contributed by atoms with E-state index in [9.17, 15) is 9.18 Å². The van der Waals surface area contributed by atoms with E-state index in [1.54, 1.807) is 33.3 Å². The van der Waals surface area contributed by atoms with Crippen LogP contribution in [0.5, 0.6) is 17.2 Å². The maximum atomic E-state index is 13.2. The molecule has 1 heterocycles. The van der Waals surface area contributed by atoms with Crippen molar-refractivity contribution >= 4 is 11.7 Å². The Labute approximate surface area is 174 Å². The molecule has 7 nitrogen and oxygen atoms in total. The third-order valence-electron chi connectivity index (χ3n) is 4.45. The van der Waals surface area contributed by atoms with Crippen LogP contribution >= 0.6 is 0 Å². The van der Waals surface area contributed by atoms with Crippen LogP contribution in [-0.4, -0.2) is 36.4 Å². The van der Waals surface area contributed by atoms with Gasteiger partial charge < -0.3 is 19.5 Å². The Kier molecular flexibility index (Phi) is 6.90. The first-order valence-electron chi connectivity index (χ1n) is 9.46. The normalized spacial score (nSPS) is 11.6. The summed E-state index contributed by atoms with van der Waals surface area (Å²) >= 11 is 0. The molecule has 1 atom stereocenters. The van der Waals surface area contributed by atoms with Gasteiger partial charge in [0.25, 0.3) is 5.91 Å². The molecular weight excluding hydrogens is 389 g/mol. The second-order valence-corrected chi connectivity index (χ2v) is 6.71. The van der Waals surface area contributed by atoms with E-state index >= 15 is 0 Å². The van der Waals surface area contributed by atoms with E-state index in [1.807, 2.05) is 18.2 Å². The van der Waals surface area contributed by atoms with E-state index in [0.717, 1.165) is 29.2 Å². The van der Waals surface area contributed by atoms with Gasteiger partial charge in [0.2, 0.25) is 0 Å².